The van der Waals surface area contributed by atoms with Crippen LogP contribution in [0.3, 0.4) is 0 Å². The maximum absolute atomic E-state index is 11.5. The second kappa shape index (κ2) is 9.02. The number of rotatable bonds is 7. The lowest BCUT2D eigenvalue weighted by molar-refractivity contribution is -0.141. The van der Waals surface area contributed by atoms with Gasteiger partial charge in [-0.25, -0.2) is 4.79 Å². The van der Waals surface area contributed by atoms with Crippen molar-refractivity contribution in [2.45, 2.75) is 33.1 Å². The van der Waals surface area contributed by atoms with Gasteiger partial charge < -0.3 is 20.7 Å². The van der Waals surface area contributed by atoms with Crippen LogP contribution in [0.4, 0.5) is 10.5 Å². The van der Waals surface area contributed by atoms with Crippen LogP contribution in [0.15, 0.2) is 24.3 Å². The van der Waals surface area contributed by atoms with Crippen molar-refractivity contribution in [2.75, 3.05) is 31.6 Å². The SMILES string of the molecule is CCOC(=O)CNC(=O)NCCNc1cccc(C(C)(C)C)c1. The molecule has 0 fully saturated rings. The lowest BCUT2D eigenvalue weighted by Crippen LogP contribution is -2.40. The van der Waals surface area contributed by atoms with Crippen LogP contribution in [0.2, 0.25) is 0 Å². The van der Waals surface area contributed by atoms with E-state index in [4.69, 9.17) is 4.74 Å². The average Bonchev–Trinajstić information content (AvgIpc) is 2.49. The van der Waals surface area contributed by atoms with Gasteiger partial charge in [0.1, 0.15) is 6.54 Å². The number of carbonyl (C=O) groups is 2. The fourth-order valence-corrected chi connectivity index (χ4v) is 1.91. The molecule has 1 aromatic carbocycles. The van der Waals surface area contributed by atoms with Gasteiger partial charge in [0.2, 0.25) is 0 Å². The predicted octanol–water partition coefficient (Wildman–Crippen LogP) is 2.26. The second-order valence-electron chi connectivity index (χ2n) is 6.17. The Labute approximate surface area is 138 Å². The standard InChI is InChI=1S/C17H27N3O3/c1-5-23-15(21)12-20-16(22)19-10-9-18-14-8-6-7-13(11-14)17(2,3)4/h6-8,11,18H,5,9-10,12H2,1-4H3,(H2,19,20,22). The van der Waals surface area contributed by atoms with E-state index in [0.29, 0.717) is 19.7 Å². The molecule has 0 aromatic heterocycles. The van der Waals surface area contributed by atoms with Gasteiger partial charge in [-0.15, -0.1) is 0 Å². The summed E-state index contributed by atoms with van der Waals surface area (Å²) in [6.07, 6.45) is 0. The Balaban J connectivity index is 2.27. The minimum atomic E-state index is -0.445. The molecule has 6 nitrogen and oxygen atoms in total. The van der Waals surface area contributed by atoms with Crippen molar-refractivity contribution in [3.63, 3.8) is 0 Å². The van der Waals surface area contributed by atoms with Crippen LogP contribution in [-0.4, -0.2) is 38.2 Å². The molecule has 0 radical (unpaired) electrons. The summed E-state index contributed by atoms with van der Waals surface area (Å²) in [6, 6.07) is 7.84. The molecule has 0 spiro atoms. The zero-order valence-corrected chi connectivity index (χ0v) is 14.4. The topological polar surface area (TPSA) is 79.5 Å². The number of benzene rings is 1. The summed E-state index contributed by atoms with van der Waals surface area (Å²) in [7, 11) is 0. The third kappa shape index (κ3) is 7.54. The molecule has 0 heterocycles. The number of nitrogens with one attached hydrogen (secondary N) is 3. The maximum Gasteiger partial charge on any atom is 0.325 e. The number of ether oxygens (including phenoxy) is 1. The van der Waals surface area contributed by atoms with Crippen molar-refractivity contribution in [2.24, 2.45) is 0 Å². The van der Waals surface area contributed by atoms with Gasteiger partial charge in [-0.3, -0.25) is 4.79 Å². The van der Waals surface area contributed by atoms with Crippen molar-refractivity contribution in [1.29, 1.82) is 0 Å². The largest absolute Gasteiger partial charge is 0.465 e. The molecule has 0 saturated carbocycles. The van der Waals surface area contributed by atoms with E-state index in [9.17, 15) is 9.59 Å². The van der Waals surface area contributed by atoms with Crippen molar-refractivity contribution in [1.82, 2.24) is 10.6 Å². The van der Waals surface area contributed by atoms with E-state index in [1.165, 1.54) is 5.56 Å². The van der Waals surface area contributed by atoms with Gasteiger partial charge in [0, 0.05) is 18.8 Å². The molecule has 0 aliphatic heterocycles. The van der Waals surface area contributed by atoms with Crippen LogP contribution >= 0.6 is 0 Å². The number of amides is 2. The minimum absolute atomic E-state index is 0.100. The number of carbonyl (C=O) groups excluding carboxylic acids is 2. The zero-order chi connectivity index (χ0) is 17.3. The highest BCUT2D eigenvalue weighted by Crippen LogP contribution is 2.24. The quantitative estimate of drug-likeness (QED) is 0.532. The second-order valence-corrected chi connectivity index (χ2v) is 6.17. The van der Waals surface area contributed by atoms with Crippen LogP contribution in [-0.2, 0) is 14.9 Å². The first-order chi connectivity index (χ1) is 10.8. The molecule has 0 aliphatic carbocycles. The lowest BCUT2D eigenvalue weighted by Gasteiger charge is -2.20. The van der Waals surface area contributed by atoms with Crippen molar-refractivity contribution >= 4 is 17.7 Å². The molecule has 3 N–H and O–H groups in total. The molecule has 0 saturated heterocycles. The number of anilines is 1. The van der Waals surface area contributed by atoms with E-state index in [-0.39, 0.29) is 18.0 Å². The van der Waals surface area contributed by atoms with Gasteiger partial charge in [-0.2, -0.15) is 0 Å². The van der Waals surface area contributed by atoms with Crippen LogP contribution in [0, 0.1) is 0 Å². The first kappa shape index (κ1) is 18.8. The van der Waals surface area contributed by atoms with Gasteiger partial charge in [-0.1, -0.05) is 32.9 Å². The van der Waals surface area contributed by atoms with Crippen LogP contribution < -0.4 is 16.0 Å². The molecule has 0 bridgehead atoms. The number of hydrogen-bond donors (Lipinski definition) is 3. The third-order valence-electron chi connectivity index (χ3n) is 3.17. The molecule has 6 heteroatoms. The highest BCUT2D eigenvalue weighted by atomic mass is 16.5. The van der Waals surface area contributed by atoms with Gasteiger partial charge in [0.25, 0.3) is 0 Å². The fraction of sp³-hybridized carbons (Fsp3) is 0.529. The molecule has 1 aromatic rings. The summed E-state index contributed by atoms with van der Waals surface area (Å²) in [5, 5.41) is 8.38. The van der Waals surface area contributed by atoms with Crippen molar-refractivity contribution in [3.8, 4) is 0 Å². The van der Waals surface area contributed by atoms with Crippen molar-refractivity contribution in [3.05, 3.63) is 29.8 Å². The van der Waals surface area contributed by atoms with E-state index in [2.05, 4.69) is 48.9 Å². The van der Waals surface area contributed by atoms with E-state index < -0.39 is 5.97 Å². The smallest absolute Gasteiger partial charge is 0.325 e. The van der Waals surface area contributed by atoms with Crippen LogP contribution in [0.1, 0.15) is 33.3 Å². The highest BCUT2D eigenvalue weighted by molar-refractivity contribution is 5.80. The van der Waals surface area contributed by atoms with Gasteiger partial charge in [-0.05, 0) is 30.0 Å². The van der Waals surface area contributed by atoms with E-state index >= 15 is 0 Å². The van der Waals surface area contributed by atoms with Crippen molar-refractivity contribution < 1.29 is 14.3 Å². The fourth-order valence-electron chi connectivity index (χ4n) is 1.91. The van der Waals surface area contributed by atoms with Gasteiger partial charge >= 0.3 is 12.0 Å². The molecule has 128 valence electrons. The number of urea groups is 1. The normalized spacial score (nSPS) is 10.8. The first-order valence-electron chi connectivity index (χ1n) is 7.84. The average molecular weight is 321 g/mol. The summed E-state index contributed by atoms with van der Waals surface area (Å²) in [4.78, 5) is 22.6. The molecular formula is C17H27N3O3. The molecule has 0 unspecified atom stereocenters. The Morgan fingerprint density at radius 1 is 1.13 bits per heavy atom. The summed E-state index contributed by atoms with van der Waals surface area (Å²) < 4.78 is 4.72. The first-order valence-corrected chi connectivity index (χ1v) is 7.84. The molecule has 0 atom stereocenters. The molecule has 0 aliphatic rings. The Hall–Kier alpha value is -2.24. The van der Waals surface area contributed by atoms with Crippen LogP contribution in [0.5, 0.6) is 0 Å². The molecule has 23 heavy (non-hydrogen) atoms. The Bertz CT molecular complexity index is 524. The Kier molecular flexibility index (Phi) is 7.38. The minimum Gasteiger partial charge on any atom is -0.465 e. The Morgan fingerprint density at radius 3 is 2.52 bits per heavy atom. The van der Waals surface area contributed by atoms with Gasteiger partial charge in [0.05, 0.1) is 6.61 Å². The molecule has 2 amide bonds. The summed E-state index contributed by atoms with van der Waals surface area (Å²) in [5.74, 6) is -0.445. The predicted molar refractivity (Wildman–Crippen MR) is 91.7 cm³/mol. The van der Waals surface area contributed by atoms with E-state index in [1.54, 1.807) is 6.92 Å². The summed E-state index contributed by atoms with van der Waals surface area (Å²) >= 11 is 0. The van der Waals surface area contributed by atoms with E-state index in [1.807, 2.05) is 12.1 Å². The Morgan fingerprint density at radius 2 is 1.87 bits per heavy atom. The monoisotopic (exact) mass is 321 g/mol. The van der Waals surface area contributed by atoms with Gasteiger partial charge in [0.15, 0.2) is 0 Å². The van der Waals surface area contributed by atoms with Crippen LogP contribution in [0.25, 0.3) is 0 Å². The zero-order valence-electron chi connectivity index (χ0n) is 14.4. The molecule has 1 rings (SSSR count). The summed E-state index contributed by atoms with van der Waals surface area (Å²) in [5.41, 5.74) is 2.37. The summed E-state index contributed by atoms with van der Waals surface area (Å²) in [6.45, 7) is 9.46. The lowest BCUT2D eigenvalue weighted by atomic mass is 9.87. The number of hydrogen-bond acceptors (Lipinski definition) is 4. The maximum atomic E-state index is 11.5. The highest BCUT2D eigenvalue weighted by Gasteiger charge is 2.13. The number of esters is 1. The third-order valence-corrected chi connectivity index (χ3v) is 3.17. The molecular weight excluding hydrogens is 294 g/mol. The van der Waals surface area contributed by atoms with E-state index in [0.717, 1.165) is 5.69 Å².